The average molecular weight is 491 g/mol. The van der Waals surface area contributed by atoms with E-state index in [9.17, 15) is 20.4 Å². The van der Waals surface area contributed by atoms with Crippen LogP contribution in [-0.4, -0.2) is 11.5 Å². The molecule has 0 amide bonds. The van der Waals surface area contributed by atoms with E-state index in [1.807, 2.05) is 0 Å². The van der Waals surface area contributed by atoms with Crippen LogP contribution < -0.4 is 0 Å². The Bertz CT molecular complexity index is 837. The third-order valence-corrected chi connectivity index (χ3v) is 7.78. The van der Waals surface area contributed by atoms with Crippen LogP contribution in [0, 0.1) is 0 Å². The summed E-state index contributed by atoms with van der Waals surface area (Å²) in [6, 6.07) is 25.0. The quantitative estimate of drug-likeness (QED) is 0.335. The zero-order valence-corrected chi connectivity index (χ0v) is 19.0. The van der Waals surface area contributed by atoms with E-state index in [2.05, 4.69) is 53.9 Å². The van der Waals surface area contributed by atoms with Crippen molar-refractivity contribution in [2.75, 3.05) is 11.5 Å². The average Bonchev–Trinajstić information content (AvgIpc) is 2.82. The molecule has 168 valence electrons. The summed E-state index contributed by atoms with van der Waals surface area (Å²) in [5, 5.41) is 0. The monoisotopic (exact) mass is 490 g/mol. The second-order valence-corrected chi connectivity index (χ2v) is 10.3. The summed E-state index contributed by atoms with van der Waals surface area (Å²) in [4.78, 5) is -0.519. The molecule has 1 saturated heterocycles. The largest absolute Gasteiger partial charge is 0.263 e. The van der Waals surface area contributed by atoms with Gasteiger partial charge in [-0.25, -0.2) is 8.78 Å². The van der Waals surface area contributed by atoms with E-state index < -0.39 is 22.5 Å². The fraction of sp³-hybridized carbons (Fsp3) is 0.217. The van der Waals surface area contributed by atoms with Crippen molar-refractivity contribution in [2.24, 2.45) is 0 Å². The summed E-state index contributed by atoms with van der Waals surface area (Å²) < 4.78 is 59.8. The molecule has 0 saturated carbocycles. The number of hydrogen-bond donors (Lipinski definition) is 0. The Morgan fingerprint density at radius 3 is 1.52 bits per heavy atom. The Labute approximate surface area is 190 Å². The molecule has 0 aromatic heterocycles. The molecule has 0 spiro atoms. The van der Waals surface area contributed by atoms with Crippen molar-refractivity contribution in [2.45, 2.75) is 22.3 Å². The lowest BCUT2D eigenvalue weighted by Crippen LogP contribution is -1.99. The molecule has 4 rings (SSSR count). The smallest absolute Gasteiger partial charge is 0.205 e. The molecule has 0 atom stereocenters. The highest BCUT2D eigenvalue weighted by Gasteiger charge is 2.22. The molecule has 0 radical (unpaired) electrons. The Morgan fingerprint density at radius 1 is 0.677 bits per heavy atom. The van der Waals surface area contributed by atoms with Gasteiger partial charge in [-0.1, -0.05) is 78.9 Å². The standard InChI is InChI=1S/C10H12S2.C7H6F2.C6H5F3S/c1-2-5-9(6-3-1)10-11-7-4-8-12-10;8-7(9)6-4-2-1-3-5-6;7-10(8,9)6-4-2-1-3-5-6/h1-3,5-6,10H,4,7-8H2;1-5,7H;1-5H. The molecular formula is C23H23F5S3. The van der Waals surface area contributed by atoms with Gasteiger partial charge in [-0.3, -0.25) is 0 Å². The third kappa shape index (κ3) is 10.0. The normalized spacial score (nSPS) is 14.6. The molecule has 0 bridgehead atoms. The fourth-order valence-corrected chi connectivity index (χ4v) is 5.82. The molecule has 0 nitrogen and oxygen atoms in total. The Kier molecular flexibility index (Phi) is 11.3. The lowest BCUT2D eigenvalue weighted by molar-refractivity contribution is 0.151. The third-order valence-electron chi connectivity index (χ3n) is 3.96. The van der Waals surface area contributed by atoms with Gasteiger partial charge in [0.15, 0.2) is 0 Å². The Morgan fingerprint density at radius 2 is 1.13 bits per heavy atom. The number of halogens is 5. The van der Waals surface area contributed by atoms with E-state index in [1.54, 1.807) is 24.3 Å². The van der Waals surface area contributed by atoms with E-state index in [-0.39, 0.29) is 5.56 Å². The zero-order chi connectivity index (χ0) is 22.5. The van der Waals surface area contributed by atoms with Gasteiger partial charge in [-0.2, -0.15) is 0 Å². The van der Waals surface area contributed by atoms with E-state index in [0.29, 0.717) is 4.58 Å². The second-order valence-electron chi connectivity index (χ2n) is 6.27. The van der Waals surface area contributed by atoms with Crippen LogP contribution in [-0.2, 0) is 0 Å². The molecule has 1 aliphatic rings. The van der Waals surface area contributed by atoms with Crippen LogP contribution in [0.15, 0.2) is 95.9 Å². The number of alkyl halides is 2. The van der Waals surface area contributed by atoms with Gasteiger partial charge in [-0.05, 0) is 35.6 Å². The second kappa shape index (κ2) is 13.7. The highest BCUT2D eigenvalue weighted by Crippen LogP contribution is 2.60. The minimum absolute atomic E-state index is 0.0810. The topological polar surface area (TPSA) is 0 Å². The highest BCUT2D eigenvalue weighted by molar-refractivity contribution is 8.21. The SMILES string of the molecule is FC(F)c1ccccc1.FS(F)(F)c1ccccc1.c1ccc(C2SCCCS2)cc1. The first kappa shape index (κ1) is 25.6. The van der Waals surface area contributed by atoms with Crippen molar-refractivity contribution < 1.29 is 20.4 Å². The van der Waals surface area contributed by atoms with E-state index in [1.165, 1.54) is 47.8 Å². The number of benzene rings is 3. The van der Waals surface area contributed by atoms with Gasteiger partial charge in [0.25, 0.3) is 6.43 Å². The molecule has 1 heterocycles. The van der Waals surface area contributed by atoms with E-state index >= 15 is 0 Å². The maximum absolute atomic E-state index is 11.9. The van der Waals surface area contributed by atoms with Gasteiger partial charge in [0.05, 0.1) is 9.48 Å². The fourth-order valence-electron chi connectivity index (χ4n) is 2.46. The predicted molar refractivity (Wildman–Crippen MR) is 126 cm³/mol. The molecule has 0 unspecified atom stereocenters. The summed E-state index contributed by atoms with van der Waals surface area (Å²) in [6.45, 7) is 0. The van der Waals surface area contributed by atoms with Crippen molar-refractivity contribution in [3.63, 3.8) is 0 Å². The van der Waals surface area contributed by atoms with Crippen molar-refractivity contribution in [3.8, 4) is 0 Å². The molecule has 3 aromatic carbocycles. The van der Waals surface area contributed by atoms with E-state index in [4.69, 9.17) is 0 Å². The van der Waals surface area contributed by atoms with Crippen molar-refractivity contribution in [3.05, 3.63) is 102 Å². The van der Waals surface area contributed by atoms with Gasteiger partial charge < -0.3 is 0 Å². The minimum atomic E-state index is -5.00. The Balaban J connectivity index is 0.000000167. The van der Waals surface area contributed by atoms with Crippen LogP contribution in [0.3, 0.4) is 0 Å². The van der Waals surface area contributed by atoms with Crippen LogP contribution in [0.25, 0.3) is 0 Å². The molecule has 0 aliphatic carbocycles. The maximum atomic E-state index is 11.9. The number of hydrogen-bond acceptors (Lipinski definition) is 2. The highest BCUT2D eigenvalue weighted by atomic mass is 32.3. The molecule has 0 N–H and O–H groups in total. The van der Waals surface area contributed by atoms with Crippen LogP contribution in [0.4, 0.5) is 20.4 Å². The zero-order valence-electron chi connectivity index (χ0n) is 16.6. The van der Waals surface area contributed by atoms with Crippen LogP contribution in [0.5, 0.6) is 0 Å². The van der Waals surface area contributed by atoms with Gasteiger partial charge in [0.1, 0.15) is 0 Å². The summed E-state index contributed by atoms with van der Waals surface area (Å²) in [5.41, 5.74) is 1.56. The molecule has 8 heteroatoms. The number of rotatable bonds is 3. The molecular weight excluding hydrogens is 467 g/mol. The molecule has 31 heavy (non-hydrogen) atoms. The molecule has 1 fully saturated rings. The van der Waals surface area contributed by atoms with Crippen LogP contribution >= 0.6 is 34.7 Å². The molecule has 1 aliphatic heterocycles. The van der Waals surface area contributed by atoms with E-state index in [0.717, 1.165) is 12.1 Å². The maximum Gasteiger partial charge on any atom is 0.263 e. The van der Waals surface area contributed by atoms with Crippen molar-refractivity contribution in [1.29, 1.82) is 0 Å². The lowest BCUT2D eigenvalue weighted by atomic mass is 10.2. The van der Waals surface area contributed by atoms with Gasteiger partial charge in [0.2, 0.25) is 11.2 Å². The summed E-state index contributed by atoms with van der Waals surface area (Å²) >= 11 is -0.844. The van der Waals surface area contributed by atoms with Crippen LogP contribution in [0.2, 0.25) is 0 Å². The van der Waals surface area contributed by atoms with Gasteiger partial charge >= 0.3 is 0 Å². The van der Waals surface area contributed by atoms with Gasteiger partial charge in [-0.15, -0.1) is 35.2 Å². The Hall–Kier alpha value is -1.64. The first-order valence-corrected chi connectivity index (χ1v) is 12.9. The first-order chi connectivity index (χ1) is 14.9. The minimum Gasteiger partial charge on any atom is -0.205 e. The predicted octanol–water partition coefficient (Wildman–Crippen LogP) is 9.68. The van der Waals surface area contributed by atoms with Crippen molar-refractivity contribution >= 4 is 34.7 Å². The summed E-state index contributed by atoms with van der Waals surface area (Å²) in [5.74, 6) is 2.65. The summed E-state index contributed by atoms with van der Waals surface area (Å²) in [6.07, 6.45) is -0.968. The summed E-state index contributed by atoms with van der Waals surface area (Å²) in [7, 11) is 0. The van der Waals surface area contributed by atoms with Crippen LogP contribution in [0.1, 0.15) is 28.6 Å². The van der Waals surface area contributed by atoms with Crippen molar-refractivity contribution in [1.82, 2.24) is 0 Å². The number of thioether (sulfide) groups is 2. The van der Waals surface area contributed by atoms with Gasteiger partial charge in [0, 0.05) is 5.56 Å². The first-order valence-electron chi connectivity index (χ1n) is 9.46. The lowest BCUT2D eigenvalue weighted by Gasteiger charge is -2.20. The molecule has 3 aromatic rings.